The molecule has 1 heterocycles. The van der Waals surface area contributed by atoms with Gasteiger partial charge >= 0.3 is 0 Å². The summed E-state index contributed by atoms with van der Waals surface area (Å²) in [6, 6.07) is 5.95. The summed E-state index contributed by atoms with van der Waals surface area (Å²) in [6.07, 6.45) is 2.34. The summed E-state index contributed by atoms with van der Waals surface area (Å²) in [7, 11) is 5.07. The molecule has 1 amide bonds. The fraction of sp³-hybridized carbons (Fsp3) is 0.588. The first-order valence-electron chi connectivity index (χ1n) is 7.68. The van der Waals surface area contributed by atoms with Crippen LogP contribution in [0.2, 0.25) is 0 Å². The van der Waals surface area contributed by atoms with Crippen LogP contribution in [-0.2, 0) is 10.2 Å². The lowest BCUT2D eigenvalue weighted by atomic mass is 9.65. The number of benzene rings is 1. The number of methoxy groups -OCH3 is 2. The van der Waals surface area contributed by atoms with Crippen molar-refractivity contribution in [3.8, 4) is 11.5 Å². The monoisotopic (exact) mass is 305 g/mol. The molecule has 5 heteroatoms. The molecule has 1 aliphatic heterocycles. The number of hydrogen-bond donors (Lipinski definition) is 1. The molecule has 1 saturated carbocycles. The van der Waals surface area contributed by atoms with Crippen LogP contribution in [0, 0.1) is 0 Å². The molecular weight excluding hydrogens is 282 g/mol. The molecular formula is C17H23NO4. The van der Waals surface area contributed by atoms with Crippen molar-refractivity contribution in [2.24, 2.45) is 0 Å². The molecule has 1 aromatic carbocycles. The largest absolute Gasteiger partial charge is 0.493 e. The minimum absolute atomic E-state index is 0.0434. The van der Waals surface area contributed by atoms with Gasteiger partial charge in [-0.25, -0.2) is 0 Å². The first-order chi connectivity index (χ1) is 10.5. The van der Waals surface area contributed by atoms with E-state index < -0.39 is 0 Å². The van der Waals surface area contributed by atoms with Crippen LogP contribution in [-0.4, -0.2) is 49.3 Å². The summed E-state index contributed by atoms with van der Waals surface area (Å²) >= 11 is 0. The Morgan fingerprint density at radius 3 is 2.68 bits per heavy atom. The van der Waals surface area contributed by atoms with E-state index in [-0.39, 0.29) is 23.5 Å². The van der Waals surface area contributed by atoms with Crippen molar-refractivity contribution in [3.05, 3.63) is 23.8 Å². The smallest absolute Gasteiger partial charge is 0.223 e. The van der Waals surface area contributed by atoms with Crippen molar-refractivity contribution < 1.29 is 19.4 Å². The Morgan fingerprint density at radius 2 is 2.00 bits per heavy atom. The van der Waals surface area contributed by atoms with Crippen LogP contribution in [0.5, 0.6) is 11.5 Å². The van der Waals surface area contributed by atoms with Gasteiger partial charge in [-0.05, 0) is 37.0 Å². The second kappa shape index (κ2) is 5.47. The summed E-state index contributed by atoms with van der Waals surface area (Å²) in [4.78, 5) is 14.1. The molecule has 5 nitrogen and oxygen atoms in total. The number of amides is 1. The Labute approximate surface area is 130 Å². The number of carbonyl (C=O) groups excluding carboxylic acids is 1. The highest BCUT2D eigenvalue weighted by molar-refractivity contribution is 5.82. The number of ether oxygens (including phenoxy) is 2. The van der Waals surface area contributed by atoms with Crippen LogP contribution < -0.4 is 9.47 Å². The van der Waals surface area contributed by atoms with Crippen molar-refractivity contribution in [3.63, 3.8) is 0 Å². The molecule has 0 aromatic heterocycles. The molecule has 1 aliphatic carbocycles. The quantitative estimate of drug-likeness (QED) is 0.924. The van der Waals surface area contributed by atoms with E-state index in [2.05, 4.69) is 0 Å². The van der Waals surface area contributed by atoms with Gasteiger partial charge in [0.15, 0.2) is 11.5 Å². The molecule has 1 N–H and O–H groups in total. The van der Waals surface area contributed by atoms with E-state index in [1.807, 2.05) is 25.2 Å². The average molecular weight is 305 g/mol. The Bertz CT molecular complexity index is 588. The van der Waals surface area contributed by atoms with Crippen LogP contribution in [0.25, 0.3) is 0 Å². The van der Waals surface area contributed by atoms with E-state index in [0.29, 0.717) is 24.3 Å². The van der Waals surface area contributed by atoms with Gasteiger partial charge in [-0.15, -0.1) is 0 Å². The maximum atomic E-state index is 12.3. The van der Waals surface area contributed by atoms with E-state index >= 15 is 0 Å². The molecule has 1 saturated heterocycles. The molecule has 120 valence electrons. The van der Waals surface area contributed by atoms with Gasteiger partial charge in [0.2, 0.25) is 5.91 Å². The molecule has 22 heavy (non-hydrogen) atoms. The molecule has 0 radical (unpaired) electrons. The maximum absolute atomic E-state index is 12.3. The van der Waals surface area contributed by atoms with Crippen molar-refractivity contribution >= 4 is 5.91 Å². The van der Waals surface area contributed by atoms with Gasteiger partial charge in [0.05, 0.1) is 20.3 Å². The summed E-state index contributed by atoms with van der Waals surface area (Å²) < 4.78 is 10.7. The minimum Gasteiger partial charge on any atom is -0.493 e. The predicted octanol–water partition coefficient (Wildman–Crippen LogP) is 1.72. The number of likely N-dealkylation sites (tertiary alicyclic amines) is 1. The highest BCUT2D eigenvalue weighted by Gasteiger charge is 2.53. The number of fused-ring (bicyclic) bond motifs is 1. The molecule has 1 aromatic rings. The Balaban J connectivity index is 2.06. The number of aliphatic hydroxyl groups is 1. The first-order valence-corrected chi connectivity index (χ1v) is 7.68. The lowest BCUT2D eigenvalue weighted by Crippen LogP contribution is -2.47. The van der Waals surface area contributed by atoms with E-state index in [1.165, 1.54) is 0 Å². The summed E-state index contributed by atoms with van der Waals surface area (Å²) in [6.45, 7) is 0. The third-order valence-corrected chi connectivity index (χ3v) is 5.34. The SMILES string of the molecule is COc1ccc(C23CCC(O)CC2N(C)C(=O)C3)cc1OC. The minimum atomic E-state index is -0.327. The van der Waals surface area contributed by atoms with Gasteiger partial charge in [-0.3, -0.25) is 4.79 Å². The van der Waals surface area contributed by atoms with E-state index in [0.717, 1.165) is 18.4 Å². The number of aliphatic hydroxyl groups excluding tert-OH is 1. The normalized spacial score (nSPS) is 31.1. The molecule has 0 bridgehead atoms. The number of hydrogen-bond acceptors (Lipinski definition) is 4. The summed E-state index contributed by atoms with van der Waals surface area (Å²) in [5.41, 5.74) is 0.865. The number of nitrogens with zero attached hydrogens (tertiary/aromatic N) is 1. The van der Waals surface area contributed by atoms with E-state index in [4.69, 9.17) is 9.47 Å². The Morgan fingerprint density at radius 1 is 1.27 bits per heavy atom. The lowest BCUT2D eigenvalue weighted by Gasteiger charge is -2.42. The number of likely N-dealkylation sites (N-methyl/N-ethyl adjacent to an activating group) is 1. The van der Waals surface area contributed by atoms with Crippen LogP contribution in [0.1, 0.15) is 31.2 Å². The van der Waals surface area contributed by atoms with Gasteiger partial charge in [-0.1, -0.05) is 6.07 Å². The van der Waals surface area contributed by atoms with Gasteiger partial charge in [0.1, 0.15) is 0 Å². The van der Waals surface area contributed by atoms with Crippen molar-refractivity contribution in [1.29, 1.82) is 0 Å². The van der Waals surface area contributed by atoms with E-state index in [1.54, 1.807) is 19.1 Å². The molecule has 2 aliphatic rings. The molecule has 0 spiro atoms. The Kier molecular flexibility index (Phi) is 3.77. The predicted molar refractivity (Wildman–Crippen MR) is 82.3 cm³/mol. The van der Waals surface area contributed by atoms with Gasteiger partial charge in [0, 0.05) is 24.9 Å². The molecule has 3 unspecified atom stereocenters. The third kappa shape index (κ3) is 2.15. The van der Waals surface area contributed by atoms with Gasteiger partial charge in [-0.2, -0.15) is 0 Å². The first kappa shape index (κ1) is 15.2. The molecule has 3 atom stereocenters. The van der Waals surface area contributed by atoms with Crippen molar-refractivity contribution in [2.75, 3.05) is 21.3 Å². The zero-order chi connectivity index (χ0) is 15.9. The van der Waals surface area contributed by atoms with Gasteiger partial charge in [0.25, 0.3) is 0 Å². The number of rotatable bonds is 3. The fourth-order valence-corrected chi connectivity index (χ4v) is 4.08. The Hall–Kier alpha value is -1.75. The number of carbonyl (C=O) groups is 1. The maximum Gasteiger partial charge on any atom is 0.223 e. The molecule has 2 fully saturated rings. The van der Waals surface area contributed by atoms with Crippen molar-refractivity contribution in [1.82, 2.24) is 4.90 Å². The topological polar surface area (TPSA) is 59.0 Å². The van der Waals surface area contributed by atoms with Crippen LogP contribution in [0.15, 0.2) is 18.2 Å². The van der Waals surface area contributed by atoms with Crippen LogP contribution in [0.4, 0.5) is 0 Å². The lowest BCUT2D eigenvalue weighted by molar-refractivity contribution is -0.127. The fourth-order valence-electron chi connectivity index (χ4n) is 4.08. The van der Waals surface area contributed by atoms with Crippen molar-refractivity contribution in [2.45, 2.75) is 43.2 Å². The zero-order valence-electron chi connectivity index (χ0n) is 13.3. The second-order valence-electron chi connectivity index (χ2n) is 6.35. The summed E-state index contributed by atoms with van der Waals surface area (Å²) in [5, 5.41) is 10.0. The standard InChI is InChI=1S/C17H23NO4/c1-18-15-9-12(19)6-7-17(15,10-16(18)20)11-4-5-13(21-2)14(8-11)22-3/h4-5,8,12,15,19H,6-7,9-10H2,1-3H3. The second-order valence-corrected chi connectivity index (χ2v) is 6.35. The summed E-state index contributed by atoms with van der Waals surface area (Å²) in [5.74, 6) is 1.52. The zero-order valence-corrected chi connectivity index (χ0v) is 13.3. The average Bonchev–Trinajstić information content (AvgIpc) is 2.79. The van der Waals surface area contributed by atoms with Crippen LogP contribution >= 0.6 is 0 Å². The highest BCUT2D eigenvalue weighted by Crippen LogP contribution is 2.50. The van der Waals surface area contributed by atoms with Gasteiger partial charge < -0.3 is 19.5 Å². The van der Waals surface area contributed by atoms with Crippen LogP contribution in [0.3, 0.4) is 0 Å². The van der Waals surface area contributed by atoms with E-state index in [9.17, 15) is 9.90 Å². The molecule has 3 rings (SSSR count). The third-order valence-electron chi connectivity index (χ3n) is 5.34. The highest BCUT2D eigenvalue weighted by atomic mass is 16.5.